The maximum Gasteiger partial charge on any atom is 0.293 e. The maximum absolute atomic E-state index is 14.8. The van der Waals surface area contributed by atoms with Crippen LogP contribution in [-0.4, -0.2) is 146 Å². The highest BCUT2D eigenvalue weighted by molar-refractivity contribution is 7.90. The number of aromatic nitrogens is 2. The van der Waals surface area contributed by atoms with Crippen molar-refractivity contribution in [2.45, 2.75) is 139 Å². The fourth-order valence-corrected chi connectivity index (χ4v) is 15.2. The number of amides is 1. The van der Waals surface area contributed by atoms with E-state index in [0.717, 1.165) is 114 Å². The van der Waals surface area contributed by atoms with E-state index in [1.165, 1.54) is 17.7 Å². The number of hydrogen-bond acceptors (Lipinski definition) is 16. The minimum absolute atomic E-state index is 0.0670. The Morgan fingerprint density at radius 1 is 0.925 bits per heavy atom. The van der Waals surface area contributed by atoms with Gasteiger partial charge in [-0.15, -0.1) is 0 Å². The largest absolute Gasteiger partial charge is 0.491 e. The van der Waals surface area contributed by atoms with Gasteiger partial charge in [-0.2, -0.15) is 4.98 Å². The number of carbonyl (C=O) groups excluding carboxylic acids is 1. The highest BCUT2D eigenvalue weighted by Gasteiger charge is 2.51. The van der Waals surface area contributed by atoms with Crippen LogP contribution in [0.5, 0.6) is 11.6 Å². The Balaban J connectivity index is 0.804. The number of aromatic amines is 1. The molecular weight excluding hydrogens is 1040 g/mol. The van der Waals surface area contributed by atoms with E-state index >= 15 is 0 Å². The first-order valence-electron chi connectivity index (χ1n) is 29.1. The number of pyridine rings is 1. The van der Waals surface area contributed by atoms with Crippen molar-refractivity contribution in [1.29, 1.82) is 0 Å². The molecule has 1 amide bonds. The van der Waals surface area contributed by atoms with E-state index in [1.54, 1.807) is 6.07 Å². The minimum atomic E-state index is -4.64. The number of nitro benzene ring substituents is 1. The molecule has 7 aliphatic rings. The van der Waals surface area contributed by atoms with E-state index in [-0.39, 0.29) is 40.8 Å². The first-order valence-corrected chi connectivity index (χ1v) is 30.5. The second kappa shape index (κ2) is 22.0. The number of nitrogens with one attached hydrogen (secondary N) is 3. The number of carbonyl (C=O) groups is 1. The lowest BCUT2D eigenvalue weighted by molar-refractivity contribution is -0.384. The van der Waals surface area contributed by atoms with Gasteiger partial charge in [-0.25, -0.2) is 13.1 Å². The maximum atomic E-state index is 14.8. The molecule has 4 N–H and O–H groups in total. The van der Waals surface area contributed by atoms with E-state index < -0.39 is 43.1 Å². The minimum Gasteiger partial charge on any atom is -0.491 e. The number of rotatable bonds is 14. The first-order chi connectivity index (χ1) is 38.5. The third-order valence-electron chi connectivity index (χ3n) is 18.7. The quantitative estimate of drug-likeness (QED) is 0.0603. The number of aliphatic hydroxyl groups is 1. The lowest BCUT2D eigenvalue weighted by Gasteiger charge is -2.59. The van der Waals surface area contributed by atoms with Crippen LogP contribution < -0.4 is 29.3 Å². The second-order valence-corrected chi connectivity index (χ2v) is 26.2. The van der Waals surface area contributed by atoms with Gasteiger partial charge in [0.1, 0.15) is 28.9 Å². The molecule has 19 nitrogen and oxygen atoms in total. The summed E-state index contributed by atoms with van der Waals surface area (Å²) in [7, 11) is -4.64. The van der Waals surface area contributed by atoms with Crippen molar-refractivity contribution in [3.05, 3.63) is 100 Å². The normalized spacial score (nSPS) is 27.5. The van der Waals surface area contributed by atoms with Gasteiger partial charge in [0.15, 0.2) is 0 Å². The highest BCUT2D eigenvalue weighted by Crippen LogP contribution is 2.54. The van der Waals surface area contributed by atoms with Gasteiger partial charge in [-0.05, 0) is 151 Å². The molecular formula is C60H77N9O10S. The Morgan fingerprint density at radius 3 is 2.45 bits per heavy atom. The van der Waals surface area contributed by atoms with E-state index in [2.05, 4.69) is 79.7 Å². The molecule has 12 rings (SSSR count). The number of piperazine rings is 1. The fraction of sp³-hybridized carbons (Fsp3) is 0.567. The number of ether oxygens (including phenoxy) is 4. The van der Waals surface area contributed by atoms with Gasteiger partial charge in [0.05, 0.1) is 58.1 Å². The van der Waals surface area contributed by atoms with Crippen LogP contribution in [0.4, 0.5) is 28.4 Å². The van der Waals surface area contributed by atoms with Gasteiger partial charge < -0.3 is 44.2 Å². The fourth-order valence-electron chi connectivity index (χ4n) is 14.2. The zero-order valence-electron chi connectivity index (χ0n) is 46.5. The van der Waals surface area contributed by atoms with Crippen molar-refractivity contribution in [3.63, 3.8) is 0 Å². The summed E-state index contributed by atoms with van der Waals surface area (Å²) in [6.07, 6.45) is 10.1. The molecule has 0 unspecified atom stereocenters. The predicted octanol–water partition coefficient (Wildman–Crippen LogP) is 8.95. The van der Waals surface area contributed by atoms with E-state index in [9.17, 15) is 28.4 Å². The van der Waals surface area contributed by atoms with Crippen LogP contribution in [0, 0.1) is 27.4 Å². The number of sulfonamides is 1. The van der Waals surface area contributed by atoms with Crippen LogP contribution in [0.2, 0.25) is 0 Å². The Bertz CT molecular complexity index is 3200. The van der Waals surface area contributed by atoms with Gasteiger partial charge in [-0.3, -0.25) is 24.7 Å². The Hall–Kier alpha value is -6.03. The van der Waals surface area contributed by atoms with Crippen molar-refractivity contribution >= 4 is 55.4 Å². The number of nitrogens with zero attached hydrogens (tertiary/aromatic N) is 6. The molecule has 1 spiro atoms. The number of nitro groups is 1. The SMILES string of the molecule is CC(C)Oc1ccccc1[C@@H]1CN([C@@H]2CCOC[C@H]2C)CCN1C1CC2(CCN(c3ccc(C(=O)NS(=O)(=O)c4ccc(NCC5CCC(C)(O)CC5)c([N+](=O)[O-])c4)c(N4c5cc6cc[nH]c6nc5O[C@H]5COCC[C@@H]54)c3)CC2)C1. The number of piperidine rings is 1. The van der Waals surface area contributed by atoms with E-state index in [4.69, 9.17) is 23.9 Å². The van der Waals surface area contributed by atoms with Gasteiger partial charge >= 0.3 is 0 Å². The molecule has 5 atom stereocenters. The second-order valence-electron chi connectivity index (χ2n) is 24.5. The third kappa shape index (κ3) is 10.9. The number of anilines is 4. The van der Waals surface area contributed by atoms with Crippen LogP contribution >= 0.6 is 0 Å². The molecule has 0 bridgehead atoms. The van der Waals surface area contributed by atoms with Gasteiger partial charge in [0, 0.05) is 93.5 Å². The highest BCUT2D eigenvalue weighted by atomic mass is 32.2. The van der Waals surface area contributed by atoms with Gasteiger partial charge in [-0.1, -0.05) is 25.1 Å². The van der Waals surface area contributed by atoms with Crippen LogP contribution in [0.25, 0.3) is 11.0 Å². The Labute approximate surface area is 468 Å². The number of hydrogen-bond donors (Lipinski definition) is 4. The van der Waals surface area contributed by atoms with Crippen molar-refractivity contribution in [3.8, 4) is 11.6 Å². The lowest BCUT2D eigenvalue weighted by atomic mass is 9.59. The van der Waals surface area contributed by atoms with Crippen LogP contribution in [0.1, 0.15) is 114 Å². The van der Waals surface area contributed by atoms with Crippen molar-refractivity contribution in [2.24, 2.45) is 17.3 Å². The lowest BCUT2D eigenvalue weighted by Crippen LogP contribution is -2.61. The molecule has 6 fully saturated rings. The molecule has 7 heterocycles. The zero-order valence-corrected chi connectivity index (χ0v) is 47.3. The summed E-state index contributed by atoms with van der Waals surface area (Å²) in [5.74, 6) is 1.13. The topological polar surface area (TPSA) is 217 Å². The zero-order chi connectivity index (χ0) is 55.5. The van der Waals surface area contributed by atoms with Gasteiger partial charge in [0.25, 0.3) is 21.6 Å². The molecule has 4 saturated heterocycles. The summed E-state index contributed by atoms with van der Waals surface area (Å²) in [6, 6.07) is 22.7. The first kappa shape index (κ1) is 54.6. The number of fused-ring (bicyclic) bond motifs is 3. The van der Waals surface area contributed by atoms with Gasteiger partial charge in [0.2, 0.25) is 5.88 Å². The number of para-hydroxylation sites is 1. The van der Waals surface area contributed by atoms with Crippen LogP contribution in [-0.2, 0) is 19.5 Å². The summed E-state index contributed by atoms with van der Waals surface area (Å²) in [5, 5.41) is 26.9. The van der Waals surface area contributed by atoms with E-state index in [1.807, 2.05) is 37.4 Å². The molecule has 80 heavy (non-hydrogen) atoms. The molecule has 5 aromatic rings. The molecule has 428 valence electrons. The van der Waals surface area contributed by atoms with Crippen molar-refractivity contribution in [1.82, 2.24) is 24.5 Å². The molecule has 2 aromatic heterocycles. The standard InChI is InChI=1S/C60H77N9O10S/c1-38(2)78-54-8-6-5-7-45(54)53-35-66(48-16-27-76-36-39(48)3)25-26-67(53)43-32-60(33-43)20-23-65(24-21-60)42-9-11-46(50(30-42)68-49-17-28-77-37-55(49)79-58-52(68)29-41-15-22-61-56(41)63-58)57(70)64-80(74,75)44-10-12-47(51(31-44)69(72)73)62-34-40-13-18-59(4,71)19-14-40/h5-12,15,22,29-31,38-40,43,48-49,53,55,62,71H,13-14,16-21,23-28,32-37H2,1-4H3,(H,61,63)(H,64,70)/t39-,40?,48-,49+,53+,55+,59?/m1/s1. The summed E-state index contributed by atoms with van der Waals surface area (Å²) < 4.78 is 55.7. The van der Waals surface area contributed by atoms with E-state index in [0.29, 0.717) is 79.9 Å². The summed E-state index contributed by atoms with van der Waals surface area (Å²) in [4.78, 5) is 44.3. The average molecular weight is 1120 g/mol. The summed E-state index contributed by atoms with van der Waals surface area (Å²) >= 11 is 0. The molecule has 2 aliphatic carbocycles. The summed E-state index contributed by atoms with van der Waals surface area (Å²) in [6.45, 7) is 15.8. The molecule has 3 aromatic carbocycles. The molecule has 0 radical (unpaired) electrons. The molecule has 20 heteroatoms. The molecule has 2 saturated carbocycles. The van der Waals surface area contributed by atoms with Crippen LogP contribution in [0.15, 0.2) is 83.9 Å². The number of benzene rings is 3. The average Bonchev–Trinajstić information content (AvgIpc) is 3.91. The Kier molecular flexibility index (Phi) is 15.0. The van der Waals surface area contributed by atoms with Crippen molar-refractivity contribution in [2.75, 3.05) is 80.8 Å². The summed E-state index contributed by atoms with van der Waals surface area (Å²) in [5.41, 5.74) is 3.31. The smallest absolute Gasteiger partial charge is 0.293 e. The predicted molar refractivity (Wildman–Crippen MR) is 306 cm³/mol. The monoisotopic (exact) mass is 1120 g/mol. The van der Waals surface area contributed by atoms with Crippen LogP contribution in [0.3, 0.4) is 0 Å². The number of H-pyrrole nitrogens is 1. The Morgan fingerprint density at radius 2 is 1.69 bits per heavy atom. The van der Waals surface area contributed by atoms with Crippen molar-refractivity contribution < 1.29 is 42.2 Å². The molecule has 5 aliphatic heterocycles. The third-order valence-corrected chi connectivity index (χ3v) is 20.0.